The van der Waals surface area contributed by atoms with E-state index in [0.717, 1.165) is 5.56 Å². The summed E-state index contributed by atoms with van der Waals surface area (Å²) >= 11 is 5.66. The second kappa shape index (κ2) is 5.92. The van der Waals surface area contributed by atoms with Crippen molar-refractivity contribution in [2.45, 2.75) is 13.5 Å². The number of esters is 1. The van der Waals surface area contributed by atoms with Crippen LogP contribution in [0.25, 0.3) is 0 Å². The minimum absolute atomic E-state index is 0.00122. The smallest absolute Gasteiger partial charge is 0.338 e. The molecule has 0 fully saturated rings. The quantitative estimate of drug-likeness (QED) is 0.693. The lowest BCUT2D eigenvalue weighted by Gasteiger charge is -2.09. The van der Waals surface area contributed by atoms with Crippen LogP contribution in [0.1, 0.15) is 21.5 Å². The number of hydrogen-bond donors (Lipinski definition) is 1. The zero-order chi connectivity index (χ0) is 14.7. The van der Waals surface area contributed by atoms with E-state index in [9.17, 15) is 9.18 Å². The van der Waals surface area contributed by atoms with E-state index in [2.05, 4.69) is 0 Å². The highest BCUT2D eigenvalue weighted by molar-refractivity contribution is 6.30. The Balaban J connectivity index is 2.13. The van der Waals surface area contributed by atoms with Gasteiger partial charge in [-0.25, -0.2) is 9.18 Å². The second-order valence-electron chi connectivity index (χ2n) is 4.36. The Kier molecular flexibility index (Phi) is 4.25. The van der Waals surface area contributed by atoms with Crippen LogP contribution in [0.4, 0.5) is 10.1 Å². The molecule has 0 spiro atoms. The maximum atomic E-state index is 13.7. The van der Waals surface area contributed by atoms with Gasteiger partial charge in [-0.05, 0) is 30.7 Å². The first-order chi connectivity index (χ1) is 9.49. The Morgan fingerprint density at radius 2 is 2.10 bits per heavy atom. The summed E-state index contributed by atoms with van der Waals surface area (Å²) in [6, 6.07) is 9.51. The number of rotatable bonds is 3. The maximum Gasteiger partial charge on any atom is 0.338 e. The van der Waals surface area contributed by atoms with Crippen LogP contribution in [0.2, 0.25) is 5.02 Å². The molecule has 0 saturated heterocycles. The predicted octanol–water partition coefficient (Wildman–Crippen LogP) is 3.73. The molecule has 0 aliphatic rings. The first kappa shape index (κ1) is 14.3. The van der Waals surface area contributed by atoms with Gasteiger partial charge in [-0.15, -0.1) is 0 Å². The molecule has 3 nitrogen and oxygen atoms in total. The Labute approximate surface area is 121 Å². The first-order valence-corrected chi connectivity index (χ1v) is 6.33. The van der Waals surface area contributed by atoms with Crippen LogP contribution in [0.3, 0.4) is 0 Å². The molecule has 0 aliphatic heterocycles. The van der Waals surface area contributed by atoms with Crippen LogP contribution in [-0.2, 0) is 11.3 Å². The van der Waals surface area contributed by atoms with Gasteiger partial charge in [0.15, 0.2) is 0 Å². The highest BCUT2D eigenvalue weighted by Crippen LogP contribution is 2.20. The molecule has 2 aromatic carbocycles. The fraction of sp³-hybridized carbons (Fsp3) is 0.133. The number of nitrogen functional groups attached to an aromatic ring is 1. The van der Waals surface area contributed by atoms with E-state index in [1.807, 2.05) is 0 Å². The molecule has 0 amide bonds. The van der Waals surface area contributed by atoms with Gasteiger partial charge in [0.25, 0.3) is 0 Å². The Morgan fingerprint density at radius 1 is 1.35 bits per heavy atom. The summed E-state index contributed by atoms with van der Waals surface area (Å²) in [7, 11) is 0. The van der Waals surface area contributed by atoms with Crippen LogP contribution in [0.15, 0.2) is 36.4 Å². The molecule has 20 heavy (non-hydrogen) atoms. The second-order valence-corrected chi connectivity index (χ2v) is 4.77. The molecule has 0 atom stereocenters. The van der Waals surface area contributed by atoms with Crippen LogP contribution in [0, 0.1) is 12.7 Å². The number of nitrogens with two attached hydrogens (primary N) is 1. The number of ether oxygens (including phenoxy) is 1. The molecule has 0 saturated carbocycles. The van der Waals surface area contributed by atoms with Crippen molar-refractivity contribution >= 4 is 23.3 Å². The summed E-state index contributed by atoms with van der Waals surface area (Å²) < 4.78 is 18.7. The van der Waals surface area contributed by atoms with Gasteiger partial charge in [0, 0.05) is 11.3 Å². The fourth-order valence-corrected chi connectivity index (χ4v) is 1.93. The van der Waals surface area contributed by atoms with Crippen LogP contribution < -0.4 is 5.73 Å². The van der Waals surface area contributed by atoms with Gasteiger partial charge in [0.1, 0.15) is 12.4 Å². The van der Waals surface area contributed by atoms with Crippen molar-refractivity contribution in [3.05, 3.63) is 63.9 Å². The molecular formula is C15H13ClFNO2. The van der Waals surface area contributed by atoms with E-state index in [1.165, 1.54) is 18.2 Å². The molecule has 0 radical (unpaired) electrons. The molecule has 0 aromatic heterocycles. The number of carbonyl (C=O) groups excluding carboxylic acids is 1. The first-order valence-electron chi connectivity index (χ1n) is 5.95. The predicted molar refractivity (Wildman–Crippen MR) is 76.1 cm³/mol. The van der Waals surface area contributed by atoms with Crippen LogP contribution in [-0.4, -0.2) is 5.97 Å². The average Bonchev–Trinajstić information content (AvgIpc) is 2.43. The molecule has 0 heterocycles. The lowest BCUT2D eigenvalue weighted by Crippen LogP contribution is -2.08. The molecule has 2 rings (SSSR count). The Hall–Kier alpha value is -2.07. The van der Waals surface area contributed by atoms with Crippen molar-refractivity contribution in [1.29, 1.82) is 0 Å². The van der Waals surface area contributed by atoms with Crippen molar-refractivity contribution in [2.24, 2.45) is 0 Å². The number of hydrogen-bond acceptors (Lipinski definition) is 3. The van der Waals surface area contributed by atoms with Gasteiger partial charge in [0.2, 0.25) is 0 Å². The zero-order valence-electron chi connectivity index (χ0n) is 10.8. The van der Waals surface area contributed by atoms with Gasteiger partial charge in [0.05, 0.1) is 10.6 Å². The third kappa shape index (κ3) is 3.08. The van der Waals surface area contributed by atoms with E-state index in [4.69, 9.17) is 22.1 Å². The summed E-state index contributed by atoms with van der Waals surface area (Å²) in [5, 5.41) is -0.00122. The van der Waals surface area contributed by atoms with Gasteiger partial charge >= 0.3 is 5.97 Å². The monoisotopic (exact) mass is 293 g/mol. The van der Waals surface area contributed by atoms with Crippen LogP contribution >= 0.6 is 11.6 Å². The lowest BCUT2D eigenvalue weighted by molar-refractivity contribution is 0.0468. The molecule has 0 bridgehead atoms. The van der Waals surface area contributed by atoms with Gasteiger partial charge < -0.3 is 10.5 Å². The molecule has 5 heteroatoms. The van der Waals surface area contributed by atoms with Crippen molar-refractivity contribution in [3.63, 3.8) is 0 Å². The Bertz CT molecular complexity index is 658. The SMILES string of the molecule is Cc1ccc(N)cc1C(=O)OCc1cccc(Cl)c1F. The molecule has 0 unspecified atom stereocenters. The van der Waals surface area contributed by atoms with E-state index >= 15 is 0 Å². The van der Waals surface area contributed by atoms with Gasteiger partial charge in [-0.2, -0.15) is 0 Å². The number of aryl methyl sites for hydroxylation is 1. The molecule has 0 aliphatic carbocycles. The lowest BCUT2D eigenvalue weighted by atomic mass is 10.1. The minimum atomic E-state index is -0.578. The summed E-state index contributed by atoms with van der Waals surface area (Å²) in [5.74, 6) is -1.12. The van der Waals surface area contributed by atoms with Crippen molar-refractivity contribution in [3.8, 4) is 0 Å². The largest absolute Gasteiger partial charge is 0.457 e. The third-order valence-corrected chi connectivity index (χ3v) is 3.16. The fourth-order valence-electron chi connectivity index (χ4n) is 1.74. The Morgan fingerprint density at radius 3 is 2.85 bits per heavy atom. The third-order valence-electron chi connectivity index (χ3n) is 2.87. The molecular weight excluding hydrogens is 281 g/mol. The highest BCUT2D eigenvalue weighted by Gasteiger charge is 2.13. The summed E-state index contributed by atoms with van der Waals surface area (Å²) in [4.78, 5) is 12.0. The standard InChI is InChI=1S/C15H13ClFNO2/c1-9-5-6-11(18)7-12(9)15(19)20-8-10-3-2-4-13(16)14(10)17/h2-7H,8,18H2,1H3. The summed E-state index contributed by atoms with van der Waals surface area (Å²) in [5.41, 5.74) is 7.44. The molecule has 2 N–H and O–H groups in total. The van der Waals surface area contributed by atoms with E-state index in [1.54, 1.807) is 25.1 Å². The topological polar surface area (TPSA) is 52.3 Å². The van der Waals surface area contributed by atoms with Crippen molar-refractivity contribution < 1.29 is 13.9 Å². The average molecular weight is 294 g/mol. The number of halogens is 2. The van der Waals surface area contributed by atoms with Crippen molar-refractivity contribution in [2.75, 3.05) is 5.73 Å². The van der Waals surface area contributed by atoms with E-state index < -0.39 is 11.8 Å². The van der Waals surface area contributed by atoms with Crippen molar-refractivity contribution in [1.82, 2.24) is 0 Å². The molecule has 2 aromatic rings. The number of benzene rings is 2. The zero-order valence-corrected chi connectivity index (χ0v) is 11.6. The maximum absolute atomic E-state index is 13.7. The van der Waals surface area contributed by atoms with Crippen LogP contribution in [0.5, 0.6) is 0 Å². The summed E-state index contributed by atoms with van der Waals surface area (Å²) in [6.45, 7) is 1.59. The van der Waals surface area contributed by atoms with Gasteiger partial charge in [-0.1, -0.05) is 29.8 Å². The normalized spacial score (nSPS) is 10.3. The number of carbonyl (C=O) groups is 1. The summed E-state index contributed by atoms with van der Waals surface area (Å²) in [6.07, 6.45) is 0. The van der Waals surface area contributed by atoms with E-state index in [0.29, 0.717) is 11.3 Å². The number of anilines is 1. The highest BCUT2D eigenvalue weighted by atomic mass is 35.5. The minimum Gasteiger partial charge on any atom is -0.457 e. The molecule has 104 valence electrons. The van der Waals surface area contributed by atoms with Gasteiger partial charge in [-0.3, -0.25) is 0 Å². The van der Waals surface area contributed by atoms with E-state index in [-0.39, 0.29) is 17.2 Å².